The summed E-state index contributed by atoms with van der Waals surface area (Å²) in [4.78, 5) is 28.6. The number of thiazole rings is 1. The molecule has 3 N–H and O–H groups in total. The van der Waals surface area contributed by atoms with Gasteiger partial charge < -0.3 is 10.5 Å². The van der Waals surface area contributed by atoms with Crippen molar-refractivity contribution in [1.82, 2.24) is 4.98 Å². The smallest absolute Gasteiger partial charge is 0.264 e. The topological polar surface area (TPSA) is 94.3 Å². The number of nitrogens with zero attached hydrogens (tertiary/aromatic N) is 1. The van der Waals surface area contributed by atoms with E-state index in [0.29, 0.717) is 27.9 Å². The molecule has 0 fully saturated rings. The number of amides is 2. The molecular weight excluding hydrogens is 398 g/mol. The predicted molar refractivity (Wildman–Crippen MR) is 110 cm³/mol. The van der Waals surface area contributed by atoms with Gasteiger partial charge in [0.1, 0.15) is 5.75 Å². The zero-order valence-corrected chi connectivity index (χ0v) is 16.6. The fraction of sp³-hybridized carbons (Fsp3) is 0.150. The number of nitrogens with two attached hydrogens (primary N) is 1. The number of aromatic nitrogens is 1. The molecule has 1 heterocycles. The number of ether oxygens (including phenoxy) is 1. The second kappa shape index (κ2) is 8.86. The van der Waals surface area contributed by atoms with Crippen molar-refractivity contribution in [3.63, 3.8) is 0 Å². The lowest BCUT2D eigenvalue weighted by atomic mass is 10.1. The van der Waals surface area contributed by atoms with Crippen LogP contribution in [0.5, 0.6) is 5.75 Å². The molecule has 1 aromatic heterocycles. The van der Waals surface area contributed by atoms with Gasteiger partial charge in [0.15, 0.2) is 11.7 Å². The molecule has 0 aliphatic carbocycles. The lowest BCUT2D eigenvalue weighted by Crippen LogP contribution is -2.20. The van der Waals surface area contributed by atoms with Crippen LogP contribution in [0.4, 0.5) is 5.13 Å². The Bertz CT molecular complexity index is 1000. The van der Waals surface area contributed by atoms with Crippen LogP contribution in [0.15, 0.2) is 48.5 Å². The molecule has 28 heavy (non-hydrogen) atoms. The molecular formula is C20H18ClN3O3S. The number of hydrogen-bond donors (Lipinski definition) is 2. The minimum Gasteiger partial charge on any atom is -0.484 e. The molecule has 8 heteroatoms. The van der Waals surface area contributed by atoms with Crippen LogP contribution in [0.2, 0.25) is 5.02 Å². The Labute approximate surface area is 171 Å². The highest BCUT2D eigenvalue weighted by atomic mass is 35.5. The molecule has 6 nitrogen and oxygen atoms in total. The maximum absolute atomic E-state index is 12.1. The predicted octanol–water partition coefficient (Wildman–Crippen LogP) is 3.81. The summed E-state index contributed by atoms with van der Waals surface area (Å²) in [6.07, 6.45) is 0.655. The molecule has 0 saturated carbocycles. The molecule has 3 rings (SSSR count). The number of anilines is 1. The molecule has 3 aromatic rings. The monoisotopic (exact) mass is 415 g/mol. The van der Waals surface area contributed by atoms with Crippen molar-refractivity contribution in [2.45, 2.75) is 13.3 Å². The van der Waals surface area contributed by atoms with E-state index in [9.17, 15) is 9.59 Å². The van der Waals surface area contributed by atoms with Crippen LogP contribution in [0.25, 0.3) is 0 Å². The highest BCUT2D eigenvalue weighted by Gasteiger charge is 2.13. The average Bonchev–Trinajstić information content (AvgIpc) is 3.01. The highest BCUT2D eigenvalue weighted by Crippen LogP contribution is 2.27. The van der Waals surface area contributed by atoms with Crippen molar-refractivity contribution < 1.29 is 14.3 Å². The lowest BCUT2D eigenvalue weighted by Gasteiger charge is -2.06. The molecule has 0 unspecified atom stereocenters. The van der Waals surface area contributed by atoms with Crippen LogP contribution in [0.3, 0.4) is 0 Å². The van der Waals surface area contributed by atoms with Crippen LogP contribution >= 0.6 is 22.9 Å². The first-order valence-corrected chi connectivity index (χ1v) is 9.64. The number of nitrogens with one attached hydrogen (secondary N) is 1. The summed E-state index contributed by atoms with van der Waals surface area (Å²) in [5, 5.41) is 3.96. The third kappa shape index (κ3) is 5.09. The van der Waals surface area contributed by atoms with E-state index in [0.717, 1.165) is 16.1 Å². The third-order valence-electron chi connectivity index (χ3n) is 3.96. The minimum atomic E-state index is -0.518. The van der Waals surface area contributed by atoms with Gasteiger partial charge in [0.2, 0.25) is 5.91 Å². The third-order valence-corrected chi connectivity index (χ3v) is 5.40. The van der Waals surface area contributed by atoms with Crippen LogP contribution in [0.1, 0.15) is 26.5 Å². The molecule has 2 aromatic carbocycles. The fourth-order valence-corrected chi connectivity index (χ4v) is 3.68. The molecule has 0 radical (unpaired) electrons. The molecule has 0 atom stereocenters. The second-order valence-corrected chi connectivity index (χ2v) is 7.51. The second-order valence-electron chi connectivity index (χ2n) is 6.02. The van der Waals surface area contributed by atoms with Gasteiger partial charge >= 0.3 is 0 Å². The van der Waals surface area contributed by atoms with E-state index in [1.807, 2.05) is 31.2 Å². The van der Waals surface area contributed by atoms with Crippen molar-refractivity contribution in [1.29, 1.82) is 0 Å². The zero-order valence-electron chi connectivity index (χ0n) is 15.1. The minimum absolute atomic E-state index is 0.172. The first-order chi connectivity index (χ1) is 13.4. The molecule has 0 saturated heterocycles. The van der Waals surface area contributed by atoms with Gasteiger partial charge in [0, 0.05) is 21.9 Å². The highest BCUT2D eigenvalue weighted by molar-refractivity contribution is 7.15. The van der Waals surface area contributed by atoms with E-state index in [4.69, 9.17) is 22.1 Å². The van der Waals surface area contributed by atoms with Crippen LogP contribution < -0.4 is 15.8 Å². The Morgan fingerprint density at radius 2 is 1.89 bits per heavy atom. The average molecular weight is 416 g/mol. The Hall–Kier alpha value is -2.90. The summed E-state index contributed by atoms with van der Waals surface area (Å²) in [6.45, 7) is 1.73. The van der Waals surface area contributed by atoms with Gasteiger partial charge in [-0.3, -0.25) is 14.9 Å². The number of carbonyl (C=O) groups excluding carboxylic acids is 2. The quantitative estimate of drug-likeness (QED) is 0.613. The first kappa shape index (κ1) is 19.9. The normalized spacial score (nSPS) is 10.5. The fourth-order valence-electron chi connectivity index (χ4n) is 2.48. The maximum atomic E-state index is 12.1. The Morgan fingerprint density at radius 1 is 1.18 bits per heavy atom. The Kier molecular flexibility index (Phi) is 6.28. The molecule has 0 bridgehead atoms. The van der Waals surface area contributed by atoms with Gasteiger partial charge in [0.05, 0.1) is 5.69 Å². The first-order valence-electron chi connectivity index (χ1n) is 8.44. The summed E-state index contributed by atoms with van der Waals surface area (Å²) in [6, 6.07) is 13.9. The van der Waals surface area contributed by atoms with Crippen molar-refractivity contribution in [2.75, 3.05) is 11.9 Å². The van der Waals surface area contributed by atoms with E-state index >= 15 is 0 Å². The van der Waals surface area contributed by atoms with Gasteiger partial charge in [-0.25, -0.2) is 4.98 Å². The molecule has 0 aliphatic heterocycles. The summed E-state index contributed by atoms with van der Waals surface area (Å²) in [5.74, 6) is -0.372. The van der Waals surface area contributed by atoms with E-state index in [-0.39, 0.29) is 12.5 Å². The van der Waals surface area contributed by atoms with E-state index in [2.05, 4.69) is 10.3 Å². The van der Waals surface area contributed by atoms with Crippen molar-refractivity contribution in [3.05, 3.63) is 75.3 Å². The summed E-state index contributed by atoms with van der Waals surface area (Å²) in [7, 11) is 0. The van der Waals surface area contributed by atoms with Gasteiger partial charge in [-0.15, -0.1) is 11.3 Å². The van der Waals surface area contributed by atoms with Crippen molar-refractivity contribution in [2.24, 2.45) is 5.73 Å². The van der Waals surface area contributed by atoms with Crippen LogP contribution in [0, 0.1) is 6.92 Å². The number of carbonyl (C=O) groups is 2. The lowest BCUT2D eigenvalue weighted by molar-refractivity contribution is -0.118. The van der Waals surface area contributed by atoms with Crippen LogP contribution in [-0.2, 0) is 11.2 Å². The molecule has 2 amide bonds. The summed E-state index contributed by atoms with van der Waals surface area (Å²) >= 11 is 7.63. The maximum Gasteiger partial charge on any atom is 0.264 e. The number of hydrogen-bond acceptors (Lipinski definition) is 5. The van der Waals surface area contributed by atoms with Crippen LogP contribution in [-0.4, -0.2) is 23.4 Å². The van der Waals surface area contributed by atoms with Crippen molar-refractivity contribution >= 4 is 39.9 Å². The summed E-state index contributed by atoms with van der Waals surface area (Å²) in [5.41, 5.74) is 7.42. The largest absolute Gasteiger partial charge is 0.484 e. The van der Waals surface area contributed by atoms with E-state index < -0.39 is 5.91 Å². The van der Waals surface area contributed by atoms with E-state index in [1.54, 1.807) is 24.3 Å². The van der Waals surface area contributed by atoms with Gasteiger partial charge in [-0.2, -0.15) is 0 Å². The summed E-state index contributed by atoms with van der Waals surface area (Å²) < 4.78 is 5.42. The van der Waals surface area contributed by atoms with Crippen molar-refractivity contribution in [3.8, 4) is 5.75 Å². The standard InChI is InChI=1S/C20H18ClN3O3S/c1-12-17(10-14-4-2-3-5-16(14)21)28-20(23-12)24-18(25)11-27-15-8-6-13(7-9-15)19(22)26/h2-9H,10-11H2,1H3,(H2,22,26)(H,23,24,25). The number of benzene rings is 2. The molecule has 144 valence electrons. The Morgan fingerprint density at radius 3 is 2.57 bits per heavy atom. The van der Waals surface area contributed by atoms with Gasteiger partial charge in [-0.1, -0.05) is 29.8 Å². The SMILES string of the molecule is Cc1nc(NC(=O)COc2ccc(C(N)=O)cc2)sc1Cc1ccccc1Cl. The van der Waals surface area contributed by atoms with Gasteiger partial charge in [0.25, 0.3) is 5.91 Å². The van der Waals surface area contributed by atoms with Gasteiger partial charge in [-0.05, 0) is 42.8 Å². The molecule has 0 spiro atoms. The number of rotatable bonds is 7. The number of halogens is 1. The number of primary amides is 1. The van der Waals surface area contributed by atoms with E-state index in [1.165, 1.54) is 11.3 Å². The Balaban J connectivity index is 1.57. The molecule has 0 aliphatic rings. The zero-order chi connectivity index (χ0) is 20.1. The number of aryl methyl sites for hydroxylation is 1.